The van der Waals surface area contributed by atoms with Crippen LogP contribution in [0.5, 0.6) is 0 Å². The van der Waals surface area contributed by atoms with E-state index in [1.54, 1.807) is 6.26 Å². The topological polar surface area (TPSA) is 82.8 Å². The van der Waals surface area contributed by atoms with Crippen molar-refractivity contribution < 1.29 is 8.94 Å². The third kappa shape index (κ3) is 3.10. The molecule has 0 radical (unpaired) electrons. The largest absolute Gasteiger partial charge is 0.469 e. The SMILES string of the molecule is Cc1occc1-c1nnc(SC(C)c2nc(C(C)(C)C)no2)n1C. The summed E-state index contributed by atoms with van der Waals surface area (Å²) in [4.78, 5) is 4.51. The standard InChI is InChI=1S/C16H21N5O2S/c1-9-11(7-8-22-9)12-18-19-15(21(12)6)24-10(2)13-17-14(20-23-13)16(3,4)5/h7-8,10H,1-6H3. The van der Waals surface area contributed by atoms with Crippen molar-refractivity contribution in [2.24, 2.45) is 7.05 Å². The van der Waals surface area contributed by atoms with Crippen LogP contribution in [0.25, 0.3) is 11.4 Å². The summed E-state index contributed by atoms with van der Waals surface area (Å²) >= 11 is 1.53. The van der Waals surface area contributed by atoms with Gasteiger partial charge in [-0.15, -0.1) is 10.2 Å². The maximum Gasteiger partial charge on any atom is 0.239 e. The van der Waals surface area contributed by atoms with Crippen LogP contribution < -0.4 is 0 Å². The van der Waals surface area contributed by atoms with Crippen molar-refractivity contribution in [2.45, 2.75) is 50.4 Å². The van der Waals surface area contributed by atoms with Crippen molar-refractivity contribution in [3.63, 3.8) is 0 Å². The second-order valence-corrected chi connectivity index (χ2v) is 8.03. The number of hydrogen-bond donors (Lipinski definition) is 0. The Labute approximate surface area is 144 Å². The molecule has 8 heteroatoms. The molecular formula is C16H21N5O2S. The molecule has 0 saturated carbocycles. The van der Waals surface area contributed by atoms with E-state index < -0.39 is 0 Å². The average molecular weight is 347 g/mol. The van der Waals surface area contributed by atoms with Crippen LogP contribution in [0.4, 0.5) is 0 Å². The molecule has 1 atom stereocenters. The van der Waals surface area contributed by atoms with Crippen molar-refractivity contribution in [1.82, 2.24) is 24.9 Å². The zero-order valence-electron chi connectivity index (χ0n) is 14.7. The minimum Gasteiger partial charge on any atom is -0.469 e. The van der Waals surface area contributed by atoms with Crippen molar-refractivity contribution in [3.8, 4) is 11.4 Å². The van der Waals surface area contributed by atoms with Gasteiger partial charge in [-0.05, 0) is 19.9 Å². The molecule has 0 aliphatic carbocycles. The Hall–Kier alpha value is -2.09. The minimum absolute atomic E-state index is 0.0187. The van der Waals surface area contributed by atoms with Crippen molar-refractivity contribution in [2.75, 3.05) is 0 Å². The van der Waals surface area contributed by atoms with Gasteiger partial charge in [-0.3, -0.25) is 0 Å². The molecule has 0 aliphatic rings. The quantitative estimate of drug-likeness (QED) is 0.661. The first-order chi connectivity index (χ1) is 11.3. The van der Waals surface area contributed by atoms with E-state index in [1.165, 1.54) is 11.8 Å². The summed E-state index contributed by atoms with van der Waals surface area (Å²) in [5, 5.41) is 13.4. The van der Waals surface area contributed by atoms with Crippen LogP contribution in [0, 0.1) is 6.92 Å². The minimum atomic E-state index is -0.136. The number of rotatable bonds is 4. The summed E-state index contributed by atoms with van der Waals surface area (Å²) in [5.41, 5.74) is 0.806. The number of furan rings is 1. The highest BCUT2D eigenvalue weighted by molar-refractivity contribution is 7.99. The van der Waals surface area contributed by atoms with Crippen molar-refractivity contribution >= 4 is 11.8 Å². The second-order valence-electron chi connectivity index (χ2n) is 6.72. The van der Waals surface area contributed by atoms with Gasteiger partial charge in [0.2, 0.25) is 5.89 Å². The van der Waals surface area contributed by atoms with Gasteiger partial charge >= 0.3 is 0 Å². The highest BCUT2D eigenvalue weighted by Gasteiger charge is 2.25. The van der Waals surface area contributed by atoms with Gasteiger partial charge in [-0.2, -0.15) is 4.98 Å². The van der Waals surface area contributed by atoms with Crippen LogP contribution in [0.1, 0.15) is 50.4 Å². The lowest BCUT2D eigenvalue weighted by Crippen LogP contribution is -2.13. The molecule has 3 aromatic heterocycles. The number of thioether (sulfide) groups is 1. The molecule has 7 nitrogen and oxygen atoms in total. The Bertz CT molecular complexity index is 843. The Kier molecular flexibility index (Phi) is 4.25. The number of aryl methyl sites for hydroxylation is 1. The second kappa shape index (κ2) is 6.08. The Morgan fingerprint density at radius 2 is 2.00 bits per heavy atom. The highest BCUT2D eigenvalue weighted by atomic mass is 32.2. The van der Waals surface area contributed by atoms with Crippen LogP contribution in [-0.2, 0) is 12.5 Å². The summed E-state index contributed by atoms with van der Waals surface area (Å²) in [6.07, 6.45) is 1.65. The molecule has 0 aromatic carbocycles. The van der Waals surface area contributed by atoms with E-state index in [9.17, 15) is 0 Å². The molecule has 1 unspecified atom stereocenters. The first kappa shape index (κ1) is 16.8. The molecule has 0 fully saturated rings. The lowest BCUT2D eigenvalue weighted by atomic mass is 9.96. The predicted octanol–water partition coefficient (Wildman–Crippen LogP) is 3.92. The summed E-state index contributed by atoms with van der Waals surface area (Å²) in [7, 11) is 1.94. The molecule has 24 heavy (non-hydrogen) atoms. The van der Waals surface area contributed by atoms with E-state index in [0.29, 0.717) is 11.7 Å². The molecule has 0 aliphatic heterocycles. The predicted molar refractivity (Wildman–Crippen MR) is 90.7 cm³/mol. The van der Waals surface area contributed by atoms with Gasteiger partial charge in [0.15, 0.2) is 16.8 Å². The molecule has 0 bridgehead atoms. The van der Waals surface area contributed by atoms with Crippen LogP contribution in [0.3, 0.4) is 0 Å². The number of aromatic nitrogens is 5. The zero-order valence-corrected chi connectivity index (χ0v) is 15.5. The van der Waals surface area contributed by atoms with Gasteiger partial charge in [-0.25, -0.2) is 0 Å². The summed E-state index contributed by atoms with van der Waals surface area (Å²) in [6, 6.07) is 1.89. The third-order valence-electron chi connectivity index (χ3n) is 3.68. The maximum absolute atomic E-state index is 5.41. The molecule has 3 rings (SSSR count). The average Bonchev–Trinajstić information content (AvgIpc) is 3.20. The third-order valence-corrected chi connectivity index (χ3v) is 4.80. The fraction of sp³-hybridized carbons (Fsp3) is 0.500. The van der Waals surface area contributed by atoms with Gasteiger partial charge < -0.3 is 13.5 Å². The Morgan fingerprint density at radius 1 is 1.25 bits per heavy atom. The van der Waals surface area contributed by atoms with Crippen LogP contribution >= 0.6 is 11.8 Å². The maximum atomic E-state index is 5.41. The fourth-order valence-electron chi connectivity index (χ4n) is 2.18. The van der Waals surface area contributed by atoms with Gasteiger partial charge in [0.05, 0.1) is 17.1 Å². The van der Waals surface area contributed by atoms with Crippen LogP contribution in [0.15, 0.2) is 26.4 Å². The van der Waals surface area contributed by atoms with Crippen LogP contribution in [0.2, 0.25) is 0 Å². The van der Waals surface area contributed by atoms with E-state index in [-0.39, 0.29) is 10.7 Å². The van der Waals surface area contributed by atoms with Gasteiger partial charge in [-0.1, -0.05) is 37.7 Å². The fourth-order valence-corrected chi connectivity index (χ4v) is 3.03. The lowest BCUT2D eigenvalue weighted by Gasteiger charge is -2.11. The van der Waals surface area contributed by atoms with E-state index in [1.807, 2.05) is 31.5 Å². The first-order valence-electron chi connectivity index (χ1n) is 7.72. The molecule has 128 valence electrons. The molecule has 0 saturated heterocycles. The lowest BCUT2D eigenvalue weighted by molar-refractivity contribution is 0.364. The van der Waals surface area contributed by atoms with E-state index in [2.05, 4.69) is 41.1 Å². The van der Waals surface area contributed by atoms with Crippen LogP contribution in [-0.4, -0.2) is 24.9 Å². The number of nitrogens with zero attached hydrogens (tertiary/aromatic N) is 5. The smallest absolute Gasteiger partial charge is 0.239 e. The Morgan fingerprint density at radius 3 is 2.58 bits per heavy atom. The van der Waals surface area contributed by atoms with E-state index in [4.69, 9.17) is 8.94 Å². The summed E-state index contributed by atoms with van der Waals surface area (Å²) in [5.74, 6) is 2.89. The zero-order chi connectivity index (χ0) is 17.5. The van der Waals surface area contributed by atoms with Crippen molar-refractivity contribution in [1.29, 1.82) is 0 Å². The molecular weight excluding hydrogens is 326 g/mol. The summed E-state index contributed by atoms with van der Waals surface area (Å²) in [6.45, 7) is 10.1. The first-order valence-corrected chi connectivity index (χ1v) is 8.60. The van der Waals surface area contributed by atoms with Crippen molar-refractivity contribution in [3.05, 3.63) is 29.8 Å². The molecule has 3 heterocycles. The number of hydrogen-bond acceptors (Lipinski definition) is 7. The highest BCUT2D eigenvalue weighted by Crippen LogP contribution is 2.35. The molecule has 0 amide bonds. The normalized spacial score (nSPS) is 13.4. The monoisotopic (exact) mass is 347 g/mol. The van der Waals surface area contributed by atoms with E-state index in [0.717, 1.165) is 22.3 Å². The molecule has 3 aromatic rings. The van der Waals surface area contributed by atoms with Gasteiger partial charge in [0.1, 0.15) is 5.76 Å². The Balaban J connectivity index is 1.80. The van der Waals surface area contributed by atoms with E-state index >= 15 is 0 Å². The summed E-state index contributed by atoms with van der Waals surface area (Å²) < 4.78 is 12.7. The molecule has 0 N–H and O–H groups in total. The molecule has 0 spiro atoms. The van der Waals surface area contributed by atoms with Gasteiger partial charge in [0.25, 0.3) is 0 Å². The van der Waals surface area contributed by atoms with Gasteiger partial charge in [0, 0.05) is 12.5 Å².